The lowest BCUT2D eigenvalue weighted by atomic mass is 9.99. The van der Waals surface area contributed by atoms with Crippen LogP contribution in [0.5, 0.6) is 0 Å². The summed E-state index contributed by atoms with van der Waals surface area (Å²) in [6.07, 6.45) is 1.46. The molecule has 1 unspecified atom stereocenters. The molecule has 0 spiro atoms. The number of carboxylic acid groups (broad SMARTS) is 1. The second-order valence-electron chi connectivity index (χ2n) is 5.21. The van der Waals surface area contributed by atoms with Crippen LogP contribution in [-0.4, -0.2) is 38.3 Å². The zero-order valence-electron chi connectivity index (χ0n) is 11.4. The quantitative estimate of drug-likeness (QED) is 0.900. The molecule has 1 N–H and O–H groups in total. The summed E-state index contributed by atoms with van der Waals surface area (Å²) in [6.45, 7) is 2.74. The Balaban J connectivity index is 1.77. The van der Waals surface area contributed by atoms with Crippen molar-refractivity contribution in [1.29, 1.82) is 0 Å². The molecule has 2 aromatic heterocycles. The largest absolute Gasteiger partial charge is 0.480 e. The van der Waals surface area contributed by atoms with Gasteiger partial charge in [-0.2, -0.15) is 0 Å². The summed E-state index contributed by atoms with van der Waals surface area (Å²) < 4.78 is 11.5. The van der Waals surface area contributed by atoms with Crippen molar-refractivity contribution in [2.45, 2.75) is 31.8 Å². The molecule has 0 saturated carbocycles. The summed E-state index contributed by atoms with van der Waals surface area (Å²) in [5.74, 6) is 0.316. The van der Waals surface area contributed by atoms with E-state index in [1.54, 1.807) is 19.1 Å². The zero-order valence-corrected chi connectivity index (χ0v) is 13.0. The molecule has 1 fully saturated rings. The molecule has 21 heavy (non-hydrogen) atoms. The van der Waals surface area contributed by atoms with Crippen LogP contribution in [0.2, 0.25) is 0 Å². The molecule has 3 rings (SSSR count). The molecule has 2 aromatic rings. The first-order chi connectivity index (χ1) is 9.99. The van der Waals surface area contributed by atoms with E-state index >= 15 is 0 Å². The van der Waals surface area contributed by atoms with Gasteiger partial charge >= 0.3 is 5.97 Å². The van der Waals surface area contributed by atoms with Gasteiger partial charge in [-0.15, -0.1) is 10.2 Å². The van der Waals surface area contributed by atoms with Crippen LogP contribution < -0.4 is 0 Å². The van der Waals surface area contributed by atoms with Crippen LogP contribution in [0.3, 0.4) is 0 Å². The fourth-order valence-corrected chi connectivity index (χ4v) is 2.83. The van der Waals surface area contributed by atoms with Gasteiger partial charge in [0.25, 0.3) is 5.89 Å². The Morgan fingerprint density at radius 1 is 1.48 bits per heavy atom. The van der Waals surface area contributed by atoms with Crippen LogP contribution in [0.25, 0.3) is 11.7 Å². The molecule has 1 aliphatic heterocycles. The third kappa shape index (κ3) is 2.60. The highest BCUT2D eigenvalue weighted by molar-refractivity contribution is 9.10. The van der Waals surface area contributed by atoms with Crippen molar-refractivity contribution in [2.24, 2.45) is 0 Å². The van der Waals surface area contributed by atoms with Gasteiger partial charge in [-0.25, -0.2) is 0 Å². The highest BCUT2D eigenvalue weighted by Crippen LogP contribution is 2.31. The van der Waals surface area contributed by atoms with E-state index in [0.29, 0.717) is 35.8 Å². The highest BCUT2D eigenvalue weighted by Gasteiger charge is 2.43. The molecule has 7 nitrogen and oxygen atoms in total. The van der Waals surface area contributed by atoms with Crippen molar-refractivity contribution in [3.8, 4) is 11.7 Å². The molecule has 0 aromatic carbocycles. The van der Waals surface area contributed by atoms with Crippen molar-refractivity contribution in [3.05, 3.63) is 22.7 Å². The molecule has 1 aliphatic rings. The van der Waals surface area contributed by atoms with Crippen molar-refractivity contribution in [3.63, 3.8) is 0 Å². The van der Waals surface area contributed by atoms with Crippen LogP contribution in [0.15, 0.2) is 25.6 Å². The molecule has 0 amide bonds. The lowest BCUT2D eigenvalue weighted by Crippen LogP contribution is -2.47. The Morgan fingerprint density at radius 2 is 2.29 bits per heavy atom. The predicted molar refractivity (Wildman–Crippen MR) is 75.4 cm³/mol. The first-order valence-electron chi connectivity index (χ1n) is 6.55. The van der Waals surface area contributed by atoms with Gasteiger partial charge in [0.05, 0.1) is 6.54 Å². The fourth-order valence-electron chi connectivity index (χ4n) is 2.52. The fraction of sp³-hybridized carbons (Fsp3) is 0.462. The number of halogens is 1. The van der Waals surface area contributed by atoms with E-state index in [0.717, 1.165) is 6.42 Å². The molecule has 1 saturated heterocycles. The number of likely N-dealkylation sites (tertiary alicyclic amines) is 1. The number of nitrogens with zero attached hydrogens (tertiary/aromatic N) is 3. The van der Waals surface area contributed by atoms with Gasteiger partial charge in [-0.3, -0.25) is 9.69 Å². The van der Waals surface area contributed by atoms with E-state index in [1.807, 2.05) is 4.90 Å². The Kier molecular flexibility index (Phi) is 3.58. The molecule has 1 atom stereocenters. The maximum Gasteiger partial charge on any atom is 0.323 e. The lowest BCUT2D eigenvalue weighted by molar-refractivity contribution is -0.149. The molecule has 3 heterocycles. The SMILES string of the molecule is CC1(C(=O)O)CCCN1Cc1nnc(-c2ccc(Br)o2)o1. The number of rotatable bonds is 4. The second kappa shape index (κ2) is 5.27. The van der Waals surface area contributed by atoms with E-state index in [9.17, 15) is 9.90 Å². The molecule has 0 radical (unpaired) electrons. The first kappa shape index (κ1) is 14.3. The number of aliphatic carboxylic acids is 1. The van der Waals surface area contributed by atoms with Gasteiger partial charge in [-0.1, -0.05) is 0 Å². The van der Waals surface area contributed by atoms with Crippen LogP contribution in [-0.2, 0) is 11.3 Å². The Bertz CT molecular complexity index is 668. The molecular weight excluding hydrogens is 342 g/mol. The van der Waals surface area contributed by atoms with Crippen LogP contribution in [0.1, 0.15) is 25.7 Å². The van der Waals surface area contributed by atoms with Crippen molar-refractivity contribution >= 4 is 21.9 Å². The van der Waals surface area contributed by atoms with Crippen LogP contribution >= 0.6 is 15.9 Å². The van der Waals surface area contributed by atoms with Crippen molar-refractivity contribution < 1.29 is 18.7 Å². The average molecular weight is 356 g/mol. The smallest absolute Gasteiger partial charge is 0.323 e. The number of furan rings is 1. The minimum atomic E-state index is -0.873. The average Bonchev–Trinajstić information content (AvgIpc) is 3.12. The Morgan fingerprint density at radius 3 is 2.95 bits per heavy atom. The standard InChI is InChI=1S/C13H14BrN3O4/c1-13(12(18)19)5-2-6-17(13)7-10-15-16-11(21-10)8-3-4-9(14)20-8/h3-4H,2,5-7H2,1H3,(H,18,19). The van der Waals surface area contributed by atoms with Gasteiger partial charge in [0.15, 0.2) is 10.4 Å². The molecule has 8 heteroatoms. The molecular formula is C13H14BrN3O4. The maximum atomic E-state index is 11.4. The third-order valence-electron chi connectivity index (χ3n) is 3.83. The van der Waals surface area contributed by atoms with E-state index in [2.05, 4.69) is 26.1 Å². The minimum Gasteiger partial charge on any atom is -0.480 e. The number of carboxylic acids is 1. The van der Waals surface area contributed by atoms with E-state index in [-0.39, 0.29) is 5.89 Å². The summed E-state index contributed by atoms with van der Waals surface area (Å²) in [5, 5.41) is 17.3. The molecule has 0 bridgehead atoms. The van der Waals surface area contributed by atoms with Crippen molar-refractivity contribution in [1.82, 2.24) is 15.1 Å². The summed E-state index contributed by atoms with van der Waals surface area (Å²) in [6, 6.07) is 3.46. The number of hydrogen-bond donors (Lipinski definition) is 1. The van der Waals surface area contributed by atoms with Gasteiger partial charge in [0.1, 0.15) is 5.54 Å². The van der Waals surface area contributed by atoms with E-state index in [4.69, 9.17) is 8.83 Å². The van der Waals surface area contributed by atoms with E-state index in [1.165, 1.54) is 0 Å². The summed E-state index contributed by atoms with van der Waals surface area (Å²) in [5.41, 5.74) is -0.873. The third-order valence-corrected chi connectivity index (χ3v) is 4.25. The monoisotopic (exact) mass is 355 g/mol. The van der Waals surface area contributed by atoms with E-state index < -0.39 is 11.5 Å². The second-order valence-corrected chi connectivity index (χ2v) is 5.99. The molecule has 112 valence electrons. The normalized spacial score (nSPS) is 22.8. The Labute approximate surface area is 129 Å². The predicted octanol–water partition coefficient (Wildman–Crippen LogP) is 2.53. The van der Waals surface area contributed by atoms with Crippen LogP contribution in [0.4, 0.5) is 0 Å². The highest BCUT2D eigenvalue weighted by atomic mass is 79.9. The topological polar surface area (TPSA) is 92.6 Å². The van der Waals surface area contributed by atoms with Gasteiger partial charge < -0.3 is 13.9 Å². The lowest BCUT2D eigenvalue weighted by Gasteiger charge is -2.29. The van der Waals surface area contributed by atoms with Gasteiger partial charge in [0, 0.05) is 0 Å². The number of carbonyl (C=O) groups is 1. The Hall–Kier alpha value is -1.67. The first-order valence-corrected chi connectivity index (χ1v) is 7.35. The summed E-state index contributed by atoms with van der Waals surface area (Å²) >= 11 is 3.21. The van der Waals surface area contributed by atoms with Gasteiger partial charge in [-0.05, 0) is 54.4 Å². The van der Waals surface area contributed by atoms with Crippen molar-refractivity contribution in [2.75, 3.05) is 6.54 Å². The summed E-state index contributed by atoms with van der Waals surface area (Å²) in [4.78, 5) is 13.3. The van der Waals surface area contributed by atoms with Gasteiger partial charge in [0.2, 0.25) is 5.89 Å². The molecule has 0 aliphatic carbocycles. The minimum absolute atomic E-state index is 0.284. The maximum absolute atomic E-state index is 11.4. The number of hydrogen-bond acceptors (Lipinski definition) is 6. The number of aromatic nitrogens is 2. The zero-order chi connectivity index (χ0) is 15.0. The van der Waals surface area contributed by atoms with Crippen LogP contribution in [0, 0.1) is 0 Å². The summed E-state index contributed by atoms with van der Waals surface area (Å²) in [7, 11) is 0.